The highest BCUT2D eigenvalue weighted by Gasteiger charge is 2.04. The van der Waals surface area contributed by atoms with E-state index >= 15 is 0 Å². The molecular formula is C15H15N3O. The molecule has 0 amide bonds. The molecule has 3 aromatic rings. The lowest BCUT2D eigenvalue weighted by Gasteiger charge is -2.06. The lowest BCUT2D eigenvalue weighted by molar-refractivity contribution is 0.112. The summed E-state index contributed by atoms with van der Waals surface area (Å²) in [6.45, 7) is 0.884. The Bertz CT molecular complexity index is 724. The van der Waals surface area contributed by atoms with Gasteiger partial charge in [0.05, 0.1) is 0 Å². The Kier molecular flexibility index (Phi) is 2.91. The third-order valence-corrected chi connectivity index (χ3v) is 3.43. The molecular weight excluding hydrogens is 238 g/mol. The number of rotatable bonds is 4. The lowest BCUT2D eigenvalue weighted by Crippen LogP contribution is -2.04. The normalized spacial score (nSPS) is 11.0. The second-order valence-electron chi connectivity index (χ2n) is 4.65. The Hall–Kier alpha value is -2.36. The van der Waals surface area contributed by atoms with Gasteiger partial charge in [-0.2, -0.15) is 0 Å². The first-order chi connectivity index (χ1) is 9.28. The van der Waals surface area contributed by atoms with Crippen molar-refractivity contribution in [3.8, 4) is 0 Å². The number of fused-ring (bicyclic) bond motifs is 1. The van der Waals surface area contributed by atoms with E-state index in [1.807, 2.05) is 48.3 Å². The lowest BCUT2D eigenvalue weighted by atomic mass is 10.2. The largest absolute Gasteiger partial charge is 0.347 e. The van der Waals surface area contributed by atoms with Crippen LogP contribution in [0.5, 0.6) is 0 Å². The predicted molar refractivity (Wildman–Crippen MR) is 74.2 cm³/mol. The monoisotopic (exact) mass is 253 g/mol. The summed E-state index contributed by atoms with van der Waals surface area (Å²) in [5.74, 6) is 1.08. The number of carbonyl (C=O) groups excluding carboxylic acids is 1. The van der Waals surface area contributed by atoms with Crippen LogP contribution in [-0.4, -0.2) is 20.4 Å². The molecule has 0 spiro atoms. The summed E-state index contributed by atoms with van der Waals surface area (Å²) < 4.78 is 4.23. The molecule has 1 aromatic carbocycles. The number of aromatic nitrogens is 3. The standard InChI is InChI=1S/C15H15N3O/c1-17-9-6-16-15(17)5-8-18-7-4-13-10-12(11-19)2-3-14(13)18/h2-4,6-7,9-11H,5,8H2,1H3. The van der Waals surface area contributed by atoms with Gasteiger partial charge in [0.25, 0.3) is 0 Å². The molecule has 19 heavy (non-hydrogen) atoms. The number of aryl methyl sites for hydroxylation is 3. The minimum Gasteiger partial charge on any atom is -0.347 e. The summed E-state index contributed by atoms with van der Waals surface area (Å²) >= 11 is 0. The molecule has 0 unspecified atom stereocenters. The minimum absolute atomic E-state index is 0.717. The highest BCUT2D eigenvalue weighted by atomic mass is 16.1. The molecule has 0 aliphatic heterocycles. The maximum atomic E-state index is 10.8. The van der Waals surface area contributed by atoms with E-state index in [4.69, 9.17) is 0 Å². The molecule has 4 nitrogen and oxygen atoms in total. The second-order valence-corrected chi connectivity index (χ2v) is 4.65. The molecule has 96 valence electrons. The second kappa shape index (κ2) is 4.72. The number of carbonyl (C=O) groups is 1. The van der Waals surface area contributed by atoms with Gasteiger partial charge in [0.15, 0.2) is 0 Å². The van der Waals surface area contributed by atoms with Crippen molar-refractivity contribution in [2.45, 2.75) is 13.0 Å². The first kappa shape index (κ1) is 11.7. The molecule has 0 N–H and O–H groups in total. The molecule has 3 rings (SSSR count). The first-order valence-electron chi connectivity index (χ1n) is 6.28. The smallest absolute Gasteiger partial charge is 0.150 e. The van der Waals surface area contributed by atoms with Crippen molar-refractivity contribution in [2.24, 2.45) is 7.05 Å². The van der Waals surface area contributed by atoms with Crippen molar-refractivity contribution in [3.63, 3.8) is 0 Å². The van der Waals surface area contributed by atoms with Gasteiger partial charge in [0.1, 0.15) is 12.1 Å². The molecule has 0 fully saturated rings. The maximum absolute atomic E-state index is 10.8. The van der Waals surface area contributed by atoms with Crippen molar-refractivity contribution in [1.82, 2.24) is 14.1 Å². The number of imidazole rings is 1. The van der Waals surface area contributed by atoms with E-state index in [9.17, 15) is 4.79 Å². The molecule has 2 aromatic heterocycles. The molecule has 0 aliphatic rings. The van der Waals surface area contributed by atoms with Gasteiger partial charge < -0.3 is 9.13 Å². The molecule has 0 bridgehead atoms. The van der Waals surface area contributed by atoms with E-state index < -0.39 is 0 Å². The molecule has 0 saturated carbocycles. The van der Waals surface area contributed by atoms with E-state index in [1.165, 1.54) is 0 Å². The van der Waals surface area contributed by atoms with Crippen molar-refractivity contribution >= 4 is 17.2 Å². The Morgan fingerprint density at radius 3 is 2.89 bits per heavy atom. The molecule has 4 heteroatoms. The SMILES string of the molecule is Cn1ccnc1CCn1ccc2cc(C=O)ccc21. The average molecular weight is 253 g/mol. The molecule has 0 atom stereocenters. The highest BCUT2D eigenvalue weighted by Crippen LogP contribution is 2.17. The van der Waals surface area contributed by atoms with Crippen molar-refractivity contribution < 1.29 is 4.79 Å². The van der Waals surface area contributed by atoms with Crippen LogP contribution >= 0.6 is 0 Å². The topological polar surface area (TPSA) is 39.8 Å². The van der Waals surface area contributed by atoms with Crippen LogP contribution in [-0.2, 0) is 20.0 Å². The van der Waals surface area contributed by atoms with Crippen LogP contribution in [0.4, 0.5) is 0 Å². The van der Waals surface area contributed by atoms with Crippen LogP contribution in [0.2, 0.25) is 0 Å². The summed E-state index contributed by atoms with van der Waals surface area (Å²) in [7, 11) is 2.01. The summed E-state index contributed by atoms with van der Waals surface area (Å²) in [6.07, 6.45) is 7.61. The fraction of sp³-hybridized carbons (Fsp3) is 0.200. The van der Waals surface area contributed by atoms with E-state index in [2.05, 4.69) is 15.7 Å². The summed E-state index contributed by atoms with van der Waals surface area (Å²) in [4.78, 5) is 15.1. The Labute approximate surface area is 111 Å². The third kappa shape index (κ3) is 2.17. The predicted octanol–water partition coefficient (Wildman–Crippen LogP) is 2.43. The number of aldehydes is 1. The maximum Gasteiger partial charge on any atom is 0.150 e. The van der Waals surface area contributed by atoms with Crippen LogP contribution in [0.25, 0.3) is 10.9 Å². The van der Waals surface area contributed by atoms with Gasteiger partial charge >= 0.3 is 0 Å². The Balaban J connectivity index is 1.85. The number of nitrogens with zero attached hydrogens (tertiary/aromatic N) is 3. The number of benzene rings is 1. The number of hydrogen-bond donors (Lipinski definition) is 0. The Morgan fingerprint density at radius 2 is 2.16 bits per heavy atom. The van der Waals surface area contributed by atoms with Crippen molar-refractivity contribution in [1.29, 1.82) is 0 Å². The third-order valence-electron chi connectivity index (χ3n) is 3.43. The summed E-state index contributed by atoms with van der Waals surface area (Å²) in [5, 5.41) is 1.10. The summed E-state index contributed by atoms with van der Waals surface area (Å²) in [5.41, 5.74) is 1.87. The molecule has 2 heterocycles. The van der Waals surface area contributed by atoms with Crippen molar-refractivity contribution in [2.75, 3.05) is 0 Å². The van der Waals surface area contributed by atoms with Gasteiger partial charge in [-0.1, -0.05) is 0 Å². The van der Waals surface area contributed by atoms with Crippen LogP contribution in [0, 0.1) is 0 Å². The van der Waals surface area contributed by atoms with Gasteiger partial charge in [0, 0.05) is 55.1 Å². The highest BCUT2D eigenvalue weighted by molar-refractivity contribution is 5.87. The van der Waals surface area contributed by atoms with Crippen LogP contribution < -0.4 is 0 Å². The van der Waals surface area contributed by atoms with Gasteiger partial charge in [-0.25, -0.2) is 4.98 Å². The quantitative estimate of drug-likeness (QED) is 0.670. The van der Waals surface area contributed by atoms with Gasteiger partial charge in [0.2, 0.25) is 0 Å². The number of hydrogen-bond acceptors (Lipinski definition) is 2. The van der Waals surface area contributed by atoms with E-state index in [-0.39, 0.29) is 0 Å². The van der Waals surface area contributed by atoms with E-state index in [0.717, 1.165) is 36.0 Å². The van der Waals surface area contributed by atoms with E-state index in [1.54, 1.807) is 0 Å². The molecule has 0 radical (unpaired) electrons. The zero-order chi connectivity index (χ0) is 13.2. The van der Waals surface area contributed by atoms with E-state index in [0.29, 0.717) is 5.56 Å². The zero-order valence-corrected chi connectivity index (χ0v) is 10.8. The van der Waals surface area contributed by atoms with Crippen LogP contribution in [0.1, 0.15) is 16.2 Å². The molecule has 0 saturated heterocycles. The van der Waals surface area contributed by atoms with Crippen LogP contribution in [0.3, 0.4) is 0 Å². The summed E-state index contributed by atoms with van der Waals surface area (Å²) in [6, 6.07) is 7.81. The van der Waals surface area contributed by atoms with Gasteiger partial charge in [-0.3, -0.25) is 4.79 Å². The fourth-order valence-electron chi connectivity index (χ4n) is 2.34. The van der Waals surface area contributed by atoms with Crippen molar-refractivity contribution in [3.05, 3.63) is 54.2 Å². The fourth-order valence-corrected chi connectivity index (χ4v) is 2.34. The van der Waals surface area contributed by atoms with Gasteiger partial charge in [-0.05, 0) is 24.3 Å². The van der Waals surface area contributed by atoms with Gasteiger partial charge in [-0.15, -0.1) is 0 Å². The first-order valence-corrected chi connectivity index (χ1v) is 6.28. The Morgan fingerprint density at radius 1 is 1.26 bits per heavy atom. The minimum atomic E-state index is 0.717. The average Bonchev–Trinajstić information content (AvgIpc) is 3.02. The van der Waals surface area contributed by atoms with Crippen LogP contribution in [0.15, 0.2) is 42.9 Å². The molecule has 0 aliphatic carbocycles. The zero-order valence-electron chi connectivity index (χ0n) is 10.8.